The van der Waals surface area contributed by atoms with E-state index in [4.69, 9.17) is 16.0 Å². The van der Waals surface area contributed by atoms with E-state index in [1.165, 1.54) is 7.11 Å². The van der Waals surface area contributed by atoms with Crippen LogP contribution in [0.2, 0.25) is 0 Å². The zero-order valence-electron chi connectivity index (χ0n) is 7.25. The second-order valence-corrected chi connectivity index (χ2v) is 2.70. The predicted molar refractivity (Wildman–Crippen MR) is 46.4 cm³/mol. The summed E-state index contributed by atoms with van der Waals surface area (Å²) in [6, 6.07) is 0. The Morgan fingerprint density at radius 1 is 1.77 bits per heavy atom. The molecular weight excluding hydrogens is 194 g/mol. The fourth-order valence-corrected chi connectivity index (χ4v) is 0.976. The highest BCUT2D eigenvalue weighted by molar-refractivity contribution is 6.16. The molecule has 0 aliphatic carbocycles. The van der Waals surface area contributed by atoms with Crippen LogP contribution >= 0.6 is 11.6 Å². The maximum absolute atomic E-state index is 10.8. The van der Waals surface area contributed by atoms with Crippen LogP contribution in [0.3, 0.4) is 0 Å². The van der Waals surface area contributed by atoms with Gasteiger partial charge in [-0.25, -0.2) is 4.98 Å². The monoisotopic (exact) mass is 203 g/mol. The molecule has 1 aromatic heterocycles. The van der Waals surface area contributed by atoms with E-state index in [1.54, 1.807) is 6.20 Å². The summed E-state index contributed by atoms with van der Waals surface area (Å²) < 4.78 is 9.65. The number of hydrogen-bond acceptors (Lipinski definition) is 4. The van der Waals surface area contributed by atoms with E-state index < -0.39 is 0 Å². The second kappa shape index (κ2) is 4.87. The number of alkyl halides is 1. The van der Waals surface area contributed by atoms with Gasteiger partial charge in [-0.15, -0.1) is 11.6 Å². The van der Waals surface area contributed by atoms with Crippen molar-refractivity contribution >= 4 is 17.6 Å². The Bertz CT molecular complexity index is 285. The van der Waals surface area contributed by atoms with Crippen molar-refractivity contribution in [3.05, 3.63) is 17.8 Å². The standard InChI is InChI=1S/C8H10ClNO3/c1-12-8(11)3-2-6-5-10-7(4-9)13-6/h5H,2-4H2,1H3. The number of carbonyl (C=O) groups excluding carboxylic acids is 1. The minimum Gasteiger partial charge on any atom is -0.469 e. The van der Waals surface area contributed by atoms with Crippen molar-refractivity contribution in [1.82, 2.24) is 4.98 Å². The van der Waals surface area contributed by atoms with Gasteiger partial charge in [-0.2, -0.15) is 0 Å². The molecule has 1 rings (SSSR count). The molecule has 0 bridgehead atoms. The first-order chi connectivity index (χ1) is 6.26. The summed E-state index contributed by atoms with van der Waals surface area (Å²) in [6.45, 7) is 0. The molecule has 4 nitrogen and oxygen atoms in total. The molecule has 0 atom stereocenters. The highest BCUT2D eigenvalue weighted by Gasteiger charge is 2.05. The summed E-state index contributed by atoms with van der Waals surface area (Å²) in [5.41, 5.74) is 0. The lowest BCUT2D eigenvalue weighted by Crippen LogP contribution is -2.01. The molecule has 0 aromatic carbocycles. The number of rotatable bonds is 4. The van der Waals surface area contributed by atoms with Gasteiger partial charge in [-0.1, -0.05) is 0 Å². The van der Waals surface area contributed by atoms with Crippen LogP contribution in [0, 0.1) is 0 Å². The minimum absolute atomic E-state index is 0.248. The number of nitrogens with zero attached hydrogens (tertiary/aromatic N) is 1. The van der Waals surface area contributed by atoms with Crippen molar-refractivity contribution in [3.63, 3.8) is 0 Å². The van der Waals surface area contributed by atoms with Gasteiger partial charge in [0.25, 0.3) is 0 Å². The molecule has 5 heteroatoms. The highest BCUT2D eigenvalue weighted by Crippen LogP contribution is 2.08. The Kier molecular flexibility index (Phi) is 3.76. The average Bonchev–Trinajstić information content (AvgIpc) is 2.61. The second-order valence-electron chi connectivity index (χ2n) is 2.43. The van der Waals surface area contributed by atoms with Gasteiger partial charge >= 0.3 is 5.97 Å². The molecule has 13 heavy (non-hydrogen) atoms. The molecule has 0 amide bonds. The van der Waals surface area contributed by atoms with Crippen LogP contribution in [0.25, 0.3) is 0 Å². The SMILES string of the molecule is COC(=O)CCc1cnc(CCl)o1. The Labute approximate surface area is 80.8 Å². The Hall–Kier alpha value is -1.03. The van der Waals surface area contributed by atoms with Crippen LogP contribution < -0.4 is 0 Å². The van der Waals surface area contributed by atoms with Crippen molar-refractivity contribution in [1.29, 1.82) is 0 Å². The largest absolute Gasteiger partial charge is 0.469 e. The van der Waals surface area contributed by atoms with E-state index in [9.17, 15) is 4.79 Å². The van der Waals surface area contributed by atoms with Crippen molar-refractivity contribution < 1.29 is 13.9 Å². The first-order valence-corrected chi connectivity index (χ1v) is 4.36. The molecule has 0 aliphatic heterocycles. The van der Waals surface area contributed by atoms with Crippen LogP contribution in [0.4, 0.5) is 0 Å². The van der Waals surface area contributed by atoms with Crippen LogP contribution in [-0.4, -0.2) is 18.1 Å². The van der Waals surface area contributed by atoms with Crippen LogP contribution in [0.5, 0.6) is 0 Å². The topological polar surface area (TPSA) is 52.3 Å². The minimum atomic E-state index is -0.260. The van der Waals surface area contributed by atoms with Crippen molar-refractivity contribution in [2.75, 3.05) is 7.11 Å². The summed E-state index contributed by atoms with van der Waals surface area (Å²) in [4.78, 5) is 14.6. The van der Waals surface area contributed by atoms with E-state index in [2.05, 4.69) is 9.72 Å². The van der Waals surface area contributed by atoms with Crippen molar-refractivity contribution in [3.8, 4) is 0 Å². The van der Waals surface area contributed by atoms with Gasteiger partial charge < -0.3 is 9.15 Å². The Balaban J connectivity index is 2.41. The molecule has 1 heterocycles. The van der Waals surface area contributed by atoms with E-state index >= 15 is 0 Å². The number of esters is 1. The number of halogens is 1. The normalized spacial score (nSPS) is 10.0. The van der Waals surface area contributed by atoms with Crippen molar-refractivity contribution in [2.24, 2.45) is 0 Å². The van der Waals surface area contributed by atoms with Crippen LogP contribution in [-0.2, 0) is 21.8 Å². The Morgan fingerprint density at radius 3 is 3.08 bits per heavy atom. The molecule has 0 saturated heterocycles. The molecular formula is C8H10ClNO3. The fourth-order valence-electron chi connectivity index (χ4n) is 0.853. The summed E-state index contributed by atoms with van der Waals surface area (Å²) in [6.07, 6.45) is 2.37. The predicted octanol–water partition coefficient (Wildman–Crippen LogP) is 1.52. The number of aryl methyl sites for hydroxylation is 1. The maximum Gasteiger partial charge on any atom is 0.305 e. The van der Waals surface area contributed by atoms with Gasteiger partial charge in [0.05, 0.1) is 25.6 Å². The lowest BCUT2D eigenvalue weighted by molar-refractivity contribution is -0.140. The summed E-state index contributed by atoms with van der Waals surface area (Å²) in [5.74, 6) is 1.12. The number of ether oxygens (including phenoxy) is 1. The third-order valence-electron chi connectivity index (χ3n) is 1.52. The third-order valence-corrected chi connectivity index (χ3v) is 1.75. The number of methoxy groups -OCH3 is 1. The zero-order valence-corrected chi connectivity index (χ0v) is 8.00. The van der Waals surface area contributed by atoms with Gasteiger partial charge in [-0.05, 0) is 0 Å². The Morgan fingerprint density at radius 2 is 2.54 bits per heavy atom. The molecule has 0 N–H and O–H groups in total. The first kappa shape index (κ1) is 10.1. The van der Waals surface area contributed by atoms with Crippen molar-refractivity contribution in [2.45, 2.75) is 18.7 Å². The van der Waals surface area contributed by atoms with E-state index in [1.807, 2.05) is 0 Å². The number of aromatic nitrogens is 1. The molecule has 0 fully saturated rings. The van der Waals surface area contributed by atoms with Gasteiger partial charge in [0.2, 0.25) is 5.89 Å². The highest BCUT2D eigenvalue weighted by atomic mass is 35.5. The van der Waals surface area contributed by atoms with Crippen LogP contribution in [0.15, 0.2) is 10.6 Å². The third kappa shape index (κ3) is 3.06. The molecule has 0 radical (unpaired) electrons. The quantitative estimate of drug-likeness (QED) is 0.550. The summed E-state index contributed by atoms with van der Waals surface area (Å²) in [5, 5.41) is 0. The first-order valence-electron chi connectivity index (χ1n) is 3.82. The number of carbonyl (C=O) groups is 1. The van der Waals surface area contributed by atoms with Gasteiger partial charge in [-0.3, -0.25) is 4.79 Å². The number of hydrogen-bond donors (Lipinski definition) is 0. The maximum atomic E-state index is 10.8. The molecule has 0 unspecified atom stereocenters. The lowest BCUT2D eigenvalue weighted by atomic mass is 10.3. The molecule has 0 spiro atoms. The van der Waals surface area contributed by atoms with Crippen LogP contribution in [0.1, 0.15) is 18.1 Å². The van der Waals surface area contributed by atoms with Gasteiger partial charge in [0.15, 0.2) is 0 Å². The zero-order chi connectivity index (χ0) is 9.68. The summed E-state index contributed by atoms with van der Waals surface area (Å²) in [7, 11) is 1.35. The van der Waals surface area contributed by atoms with E-state index in [0.717, 1.165) is 0 Å². The smallest absolute Gasteiger partial charge is 0.305 e. The average molecular weight is 204 g/mol. The molecule has 0 saturated carbocycles. The van der Waals surface area contributed by atoms with E-state index in [-0.39, 0.29) is 11.8 Å². The van der Waals surface area contributed by atoms with Gasteiger partial charge in [0, 0.05) is 6.42 Å². The van der Waals surface area contributed by atoms with E-state index in [0.29, 0.717) is 24.5 Å². The summed E-state index contributed by atoms with van der Waals surface area (Å²) >= 11 is 5.48. The molecule has 0 aliphatic rings. The lowest BCUT2D eigenvalue weighted by Gasteiger charge is -1.95. The number of oxazole rings is 1. The molecule has 1 aromatic rings. The fraction of sp³-hybridized carbons (Fsp3) is 0.500. The van der Waals surface area contributed by atoms with Gasteiger partial charge in [0.1, 0.15) is 5.76 Å². The molecule has 72 valence electrons.